The van der Waals surface area contributed by atoms with Crippen LogP contribution in [0.15, 0.2) is 81.2 Å². The molecule has 0 bridgehead atoms. The van der Waals surface area contributed by atoms with Crippen molar-refractivity contribution >= 4 is 28.4 Å². The van der Waals surface area contributed by atoms with Crippen LogP contribution >= 0.6 is 11.8 Å². The van der Waals surface area contributed by atoms with Crippen molar-refractivity contribution in [1.29, 1.82) is 0 Å². The number of benzene rings is 3. The lowest BCUT2D eigenvalue weighted by Gasteiger charge is -2.15. The Morgan fingerprint density at radius 1 is 1.03 bits per heavy atom. The SMILES string of the molecule is Cc1cccc(-n2c(SCc3nc(-c4cccc([N+](=O)[O-])c4)no3)nc3ccccc3c2=O)c1C. The Labute approximate surface area is 203 Å². The van der Waals surface area contributed by atoms with Gasteiger partial charge < -0.3 is 4.52 Å². The van der Waals surface area contributed by atoms with Crippen LogP contribution < -0.4 is 5.56 Å². The number of fused-ring (bicyclic) bond motifs is 1. The smallest absolute Gasteiger partial charge is 0.270 e. The van der Waals surface area contributed by atoms with Gasteiger partial charge in [0, 0.05) is 17.7 Å². The Bertz CT molecular complexity index is 1640. The zero-order valence-electron chi connectivity index (χ0n) is 18.8. The monoisotopic (exact) mass is 485 g/mol. The lowest BCUT2D eigenvalue weighted by Crippen LogP contribution is -2.22. The van der Waals surface area contributed by atoms with Gasteiger partial charge in [0.1, 0.15) is 0 Å². The molecule has 0 N–H and O–H groups in total. The van der Waals surface area contributed by atoms with Crippen LogP contribution in [0.25, 0.3) is 28.0 Å². The Hall–Kier alpha value is -4.31. The molecule has 0 aliphatic heterocycles. The molecule has 5 rings (SSSR count). The number of nitro benzene ring substituents is 1. The number of aromatic nitrogens is 4. The molecule has 0 fully saturated rings. The molecule has 0 saturated carbocycles. The number of rotatable bonds is 6. The molecule has 0 atom stereocenters. The van der Waals surface area contributed by atoms with E-state index in [4.69, 9.17) is 9.51 Å². The van der Waals surface area contributed by atoms with E-state index in [1.54, 1.807) is 28.8 Å². The van der Waals surface area contributed by atoms with Crippen molar-refractivity contribution in [1.82, 2.24) is 19.7 Å². The molecule has 5 aromatic rings. The summed E-state index contributed by atoms with van der Waals surface area (Å²) in [7, 11) is 0. The summed E-state index contributed by atoms with van der Waals surface area (Å²) in [6, 6.07) is 19.1. The molecule has 9 nitrogen and oxygen atoms in total. The molecule has 2 heterocycles. The fourth-order valence-corrected chi connectivity index (χ4v) is 4.56. The molecule has 0 aliphatic rings. The molecule has 10 heteroatoms. The van der Waals surface area contributed by atoms with E-state index in [9.17, 15) is 14.9 Å². The van der Waals surface area contributed by atoms with Crippen LogP contribution in [-0.4, -0.2) is 24.6 Å². The van der Waals surface area contributed by atoms with Crippen LogP contribution in [0.1, 0.15) is 17.0 Å². The number of hydrogen-bond acceptors (Lipinski definition) is 8. The Kier molecular flexibility index (Phi) is 5.87. The van der Waals surface area contributed by atoms with Crippen molar-refractivity contribution in [3.8, 4) is 17.1 Å². The van der Waals surface area contributed by atoms with E-state index in [2.05, 4.69) is 10.1 Å². The third-order valence-corrected chi connectivity index (χ3v) is 6.59. The molecule has 0 unspecified atom stereocenters. The van der Waals surface area contributed by atoms with E-state index in [0.717, 1.165) is 16.8 Å². The summed E-state index contributed by atoms with van der Waals surface area (Å²) in [5, 5.41) is 16.1. The molecule has 3 aromatic carbocycles. The normalized spacial score (nSPS) is 11.1. The molecule has 0 radical (unpaired) electrons. The van der Waals surface area contributed by atoms with E-state index >= 15 is 0 Å². The van der Waals surface area contributed by atoms with E-state index in [1.807, 2.05) is 44.2 Å². The minimum atomic E-state index is -0.474. The third-order valence-electron chi connectivity index (χ3n) is 5.67. The highest BCUT2D eigenvalue weighted by Gasteiger charge is 2.18. The molecule has 0 aliphatic carbocycles. The van der Waals surface area contributed by atoms with Crippen LogP contribution in [0, 0.1) is 24.0 Å². The highest BCUT2D eigenvalue weighted by Crippen LogP contribution is 2.28. The second-order valence-electron chi connectivity index (χ2n) is 7.88. The topological polar surface area (TPSA) is 117 Å². The van der Waals surface area contributed by atoms with Gasteiger partial charge in [-0.1, -0.05) is 53.3 Å². The number of non-ortho nitro benzene ring substituents is 1. The first-order valence-corrected chi connectivity index (χ1v) is 11.7. The molecule has 0 saturated heterocycles. The lowest BCUT2D eigenvalue weighted by molar-refractivity contribution is -0.384. The number of para-hydroxylation sites is 1. The molecule has 35 heavy (non-hydrogen) atoms. The largest absolute Gasteiger partial charge is 0.338 e. The minimum Gasteiger partial charge on any atom is -0.338 e. The summed E-state index contributed by atoms with van der Waals surface area (Å²) in [6.45, 7) is 3.98. The average Bonchev–Trinajstić information content (AvgIpc) is 3.34. The summed E-state index contributed by atoms with van der Waals surface area (Å²) in [4.78, 5) is 33.2. The third kappa shape index (κ3) is 4.31. The lowest BCUT2D eigenvalue weighted by atomic mass is 10.1. The first-order valence-electron chi connectivity index (χ1n) is 10.7. The van der Waals surface area contributed by atoms with Gasteiger partial charge in [0.2, 0.25) is 11.7 Å². The van der Waals surface area contributed by atoms with Crippen molar-refractivity contribution in [3.05, 3.63) is 104 Å². The molecule has 0 spiro atoms. The van der Waals surface area contributed by atoms with Gasteiger partial charge in [-0.3, -0.25) is 19.5 Å². The van der Waals surface area contributed by atoms with Crippen molar-refractivity contribution in [2.45, 2.75) is 24.8 Å². The minimum absolute atomic E-state index is 0.0545. The van der Waals surface area contributed by atoms with Gasteiger partial charge in [-0.15, -0.1) is 0 Å². The van der Waals surface area contributed by atoms with Crippen LogP contribution in [0.3, 0.4) is 0 Å². The zero-order valence-corrected chi connectivity index (χ0v) is 19.7. The first-order chi connectivity index (χ1) is 16.9. The first kappa shape index (κ1) is 22.5. The zero-order chi connectivity index (χ0) is 24.5. The second kappa shape index (κ2) is 9.15. The Morgan fingerprint density at radius 3 is 2.66 bits per heavy atom. The summed E-state index contributed by atoms with van der Waals surface area (Å²) in [5.74, 6) is 0.825. The van der Waals surface area contributed by atoms with Gasteiger partial charge in [-0.05, 0) is 43.2 Å². The Balaban J connectivity index is 1.52. The maximum absolute atomic E-state index is 13.5. The standard InChI is InChI=1S/C25H19N5O4S/c1-15-7-5-12-21(16(15)2)29-24(31)19-10-3-4-11-20(19)26-25(29)35-14-22-27-23(28-34-22)17-8-6-9-18(13-17)30(32)33/h3-13H,14H2,1-2H3. The summed E-state index contributed by atoms with van der Waals surface area (Å²) >= 11 is 1.30. The Morgan fingerprint density at radius 2 is 1.83 bits per heavy atom. The number of nitro groups is 1. The van der Waals surface area contributed by atoms with E-state index in [1.165, 1.54) is 23.9 Å². The summed E-state index contributed by atoms with van der Waals surface area (Å²) in [6.07, 6.45) is 0. The van der Waals surface area contributed by atoms with E-state index < -0.39 is 4.92 Å². The van der Waals surface area contributed by atoms with Gasteiger partial charge in [0.05, 0.1) is 27.3 Å². The fourth-order valence-electron chi connectivity index (χ4n) is 3.72. The number of aryl methyl sites for hydroxylation is 1. The maximum Gasteiger partial charge on any atom is 0.270 e. The predicted octanol–water partition coefficient (Wildman–Crippen LogP) is 5.25. The number of hydrogen-bond donors (Lipinski definition) is 0. The fraction of sp³-hybridized carbons (Fsp3) is 0.120. The predicted molar refractivity (Wildman–Crippen MR) is 133 cm³/mol. The van der Waals surface area contributed by atoms with Crippen molar-refractivity contribution < 1.29 is 9.45 Å². The van der Waals surface area contributed by atoms with Gasteiger partial charge in [0.25, 0.3) is 11.2 Å². The van der Waals surface area contributed by atoms with Crippen LogP contribution in [0.4, 0.5) is 5.69 Å². The quantitative estimate of drug-likeness (QED) is 0.138. The van der Waals surface area contributed by atoms with Crippen LogP contribution in [-0.2, 0) is 5.75 Å². The number of thioether (sulfide) groups is 1. The van der Waals surface area contributed by atoms with Crippen LogP contribution in [0.5, 0.6) is 0 Å². The van der Waals surface area contributed by atoms with Crippen molar-refractivity contribution in [2.75, 3.05) is 0 Å². The van der Waals surface area contributed by atoms with E-state index in [-0.39, 0.29) is 22.8 Å². The van der Waals surface area contributed by atoms with Gasteiger partial charge in [-0.2, -0.15) is 4.98 Å². The van der Waals surface area contributed by atoms with Crippen molar-refractivity contribution in [2.24, 2.45) is 0 Å². The highest BCUT2D eigenvalue weighted by atomic mass is 32.2. The van der Waals surface area contributed by atoms with Gasteiger partial charge in [0.15, 0.2) is 5.16 Å². The van der Waals surface area contributed by atoms with Gasteiger partial charge in [-0.25, -0.2) is 4.98 Å². The van der Waals surface area contributed by atoms with Crippen molar-refractivity contribution in [3.63, 3.8) is 0 Å². The van der Waals surface area contributed by atoms with Gasteiger partial charge >= 0.3 is 0 Å². The average molecular weight is 486 g/mol. The summed E-state index contributed by atoms with van der Waals surface area (Å²) < 4.78 is 7.00. The highest BCUT2D eigenvalue weighted by molar-refractivity contribution is 7.98. The molecular weight excluding hydrogens is 466 g/mol. The molecular formula is C25H19N5O4S. The number of nitrogens with zero attached hydrogens (tertiary/aromatic N) is 5. The van der Waals surface area contributed by atoms with Crippen LogP contribution in [0.2, 0.25) is 0 Å². The second-order valence-corrected chi connectivity index (χ2v) is 8.82. The summed E-state index contributed by atoms with van der Waals surface area (Å²) in [5.41, 5.74) is 3.69. The molecule has 174 valence electrons. The van der Waals surface area contributed by atoms with E-state index in [0.29, 0.717) is 27.5 Å². The molecule has 2 aromatic heterocycles. The molecule has 0 amide bonds. The maximum atomic E-state index is 13.5.